The van der Waals surface area contributed by atoms with Gasteiger partial charge < -0.3 is 20.7 Å². The average molecular weight is 353 g/mol. The topological polar surface area (TPSA) is 102 Å². The summed E-state index contributed by atoms with van der Waals surface area (Å²) >= 11 is 0. The lowest BCUT2D eigenvalue weighted by atomic mass is 9.85. The minimum absolute atomic E-state index is 0.0297. The van der Waals surface area contributed by atoms with Gasteiger partial charge in [-0.25, -0.2) is 4.79 Å². The van der Waals surface area contributed by atoms with Gasteiger partial charge in [-0.05, 0) is 44.4 Å². The SMILES string of the molecule is C[C@H]1CCCC[C@@H]1N(C)C(=O)COC(=O)C1CCC(NC(N)=O)CC1. The standard InChI is InChI=1S/C18H31N3O4/c1-12-5-3-4-6-15(12)21(2)16(22)11-25-17(23)13-7-9-14(10-8-13)20-18(19)24/h12-15H,3-11H2,1-2H3,(H3,19,20,24)/t12-,13?,14?,15-/m0/s1. The molecule has 2 aliphatic rings. The van der Waals surface area contributed by atoms with Gasteiger partial charge in [0.2, 0.25) is 0 Å². The Bertz CT molecular complexity index is 489. The van der Waals surface area contributed by atoms with Crippen LogP contribution < -0.4 is 11.1 Å². The molecule has 7 heteroatoms. The molecule has 0 aromatic rings. The highest BCUT2D eigenvalue weighted by atomic mass is 16.5. The number of hydrogen-bond acceptors (Lipinski definition) is 4. The summed E-state index contributed by atoms with van der Waals surface area (Å²) in [5.74, 6) is -0.142. The number of amides is 3. The first-order valence-electron chi connectivity index (χ1n) is 9.36. The number of nitrogens with two attached hydrogens (primary N) is 1. The average Bonchev–Trinajstić information content (AvgIpc) is 2.59. The van der Waals surface area contributed by atoms with Crippen LogP contribution >= 0.6 is 0 Å². The lowest BCUT2D eigenvalue weighted by molar-refractivity contribution is -0.157. The van der Waals surface area contributed by atoms with Crippen LogP contribution in [0, 0.1) is 11.8 Å². The van der Waals surface area contributed by atoms with Crippen molar-refractivity contribution in [3.8, 4) is 0 Å². The third-order valence-corrected chi connectivity index (χ3v) is 5.70. The number of rotatable bonds is 5. The smallest absolute Gasteiger partial charge is 0.312 e. The van der Waals surface area contributed by atoms with Gasteiger partial charge in [0, 0.05) is 19.1 Å². The molecule has 25 heavy (non-hydrogen) atoms. The fraction of sp³-hybridized carbons (Fsp3) is 0.833. The van der Waals surface area contributed by atoms with Gasteiger partial charge in [0.05, 0.1) is 5.92 Å². The van der Waals surface area contributed by atoms with E-state index in [9.17, 15) is 14.4 Å². The zero-order chi connectivity index (χ0) is 18.4. The van der Waals surface area contributed by atoms with E-state index in [1.165, 1.54) is 6.42 Å². The van der Waals surface area contributed by atoms with Gasteiger partial charge in [-0.3, -0.25) is 9.59 Å². The van der Waals surface area contributed by atoms with Crippen LogP contribution in [0.3, 0.4) is 0 Å². The first-order chi connectivity index (χ1) is 11.9. The van der Waals surface area contributed by atoms with Crippen molar-refractivity contribution in [2.75, 3.05) is 13.7 Å². The molecule has 3 amide bonds. The van der Waals surface area contributed by atoms with E-state index in [1.54, 1.807) is 4.90 Å². The highest BCUT2D eigenvalue weighted by Gasteiger charge is 2.30. The second kappa shape index (κ2) is 9.06. The van der Waals surface area contributed by atoms with Crippen LogP contribution in [-0.4, -0.2) is 48.5 Å². The van der Waals surface area contributed by atoms with Crippen molar-refractivity contribution in [3.63, 3.8) is 0 Å². The molecule has 0 aromatic heterocycles. The van der Waals surface area contributed by atoms with Crippen molar-refractivity contribution in [2.24, 2.45) is 17.6 Å². The summed E-state index contributed by atoms with van der Waals surface area (Å²) in [6.07, 6.45) is 7.24. The Kier molecular flexibility index (Phi) is 7.08. The molecule has 2 atom stereocenters. The van der Waals surface area contributed by atoms with Crippen LogP contribution in [0.1, 0.15) is 58.3 Å². The molecular formula is C18H31N3O4. The number of esters is 1. The molecule has 3 N–H and O–H groups in total. The van der Waals surface area contributed by atoms with Gasteiger partial charge in [0.1, 0.15) is 0 Å². The zero-order valence-corrected chi connectivity index (χ0v) is 15.3. The molecule has 2 fully saturated rings. The fourth-order valence-corrected chi connectivity index (χ4v) is 4.08. The summed E-state index contributed by atoms with van der Waals surface area (Å²) in [6, 6.07) is -0.256. The molecule has 2 rings (SSSR count). The van der Waals surface area contributed by atoms with Crippen molar-refractivity contribution in [1.82, 2.24) is 10.2 Å². The molecule has 0 heterocycles. The van der Waals surface area contributed by atoms with Crippen molar-refractivity contribution in [1.29, 1.82) is 0 Å². The van der Waals surface area contributed by atoms with E-state index in [1.807, 2.05) is 7.05 Å². The number of carbonyl (C=O) groups is 3. The fourth-order valence-electron chi connectivity index (χ4n) is 4.08. The van der Waals surface area contributed by atoms with Crippen molar-refractivity contribution < 1.29 is 19.1 Å². The van der Waals surface area contributed by atoms with E-state index in [-0.39, 0.29) is 36.5 Å². The van der Waals surface area contributed by atoms with Gasteiger partial charge in [0.15, 0.2) is 6.61 Å². The van der Waals surface area contributed by atoms with Crippen molar-refractivity contribution in [3.05, 3.63) is 0 Å². The Balaban J connectivity index is 1.72. The van der Waals surface area contributed by atoms with E-state index in [2.05, 4.69) is 12.2 Å². The van der Waals surface area contributed by atoms with Crippen molar-refractivity contribution in [2.45, 2.75) is 70.4 Å². The molecule has 0 unspecified atom stereocenters. The number of urea groups is 1. The van der Waals surface area contributed by atoms with Crippen LogP contribution in [0.5, 0.6) is 0 Å². The number of carbonyl (C=O) groups excluding carboxylic acids is 3. The summed E-state index contributed by atoms with van der Waals surface area (Å²) in [6.45, 7) is 2.00. The van der Waals surface area contributed by atoms with E-state index >= 15 is 0 Å². The minimum atomic E-state index is -0.531. The highest BCUT2D eigenvalue weighted by molar-refractivity contribution is 5.81. The largest absolute Gasteiger partial charge is 0.455 e. The van der Waals surface area contributed by atoms with E-state index < -0.39 is 6.03 Å². The van der Waals surface area contributed by atoms with Crippen LogP contribution in [0.2, 0.25) is 0 Å². The number of hydrogen-bond donors (Lipinski definition) is 2. The third-order valence-electron chi connectivity index (χ3n) is 5.70. The summed E-state index contributed by atoms with van der Waals surface area (Å²) in [7, 11) is 1.81. The van der Waals surface area contributed by atoms with Crippen LogP contribution in [-0.2, 0) is 14.3 Å². The second-order valence-electron chi connectivity index (χ2n) is 7.50. The number of nitrogens with one attached hydrogen (secondary N) is 1. The molecule has 0 saturated heterocycles. The quantitative estimate of drug-likeness (QED) is 0.736. The Hall–Kier alpha value is -1.79. The molecule has 0 aromatic carbocycles. The lowest BCUT2D eigenvalue weighted by Gasteiger charge is -2.36. The molecule has 2 aliphatic carbocycles. The summed E-state index contributed by atoms with van der Waals surface area (Å²) in [5, 5.41) is 2.67. The predicted octanol–water partition coefficient (Wildman–Crippen LogP) is 1.79. The van der Waals surface area contributed by atoms with Gasteiger partial charge in [0.25, 0.3) is 5.91 Å². The molecule has 142 valence electrons. The van der Waals surface area contributed by atoms with Crippen molar-refractivity contribution >= 4 is 17.9 Å². The predicted molar refractivity (Wildman–Crippen MR) is 93.6 cm³/mol. The van der Waals surface area contributed by atoms with E-state index in [4.69, 9.17) is 10.5 Å². The number of likely N-dealkylation sites (N-methyl/N-ethyl adjacent to an activating group) is 1. The van der Waals surface area contributed by atoms with E-state index in [0.29, 0.717) is 31.6 Å². The molecule has 7 nitrogen and oxygen atoms in total. The maximum atomic E-state index is 12.3. The summed E-state index contributed by atoms with van der Waals surface area (Å²) < 4.78 is 5.26. The Morgan fingerprint density at radius 2 is 1.72 bits per heavy atom. The van der Waals surface area contributed by atoms with Crippen LogP contribution in [0.25, 0.3) is 0 Å². The summed E-state index contributed by atoms with van der Waals surface area (Å²) in [4.78, 5) is 37.1. The maximum absolute atomic E-state index is 12.3. The number of primary amides is 1. The Morgan fingerprint density at radius 3 is 2.32 bits per heavy atom. The number of nitrogens with zero attached hydrogens (tertiary/aromatic N) is 1. The van der Waals surface area contributed by atoms with E-state index in [0.717, 1.165) is 19.3 Å². The Labute approximate surface area is 149 Å². The Morgan fingerprint density at radius 1 is 1.08 bits per heavy atom. The third kappa shape index (κ3) is 5.61. The summed E-state index contributed by atoms with van der Waals surface area (Å²) in [5.41, 5.74) is 5.11. The lowest BCUT2D eigenvalue weighted by Crippen LogP contribution is -2.45. The monoisotopic (exact) mass is 353 g/mol. The first kappa shape index (κ1) is 19.5. The van der Waals surface area contributed by atoms with Gasteiger partial charge in [-0.1, -0.05) is 19.8 Å². The van der Waals surface area contributed by atoms with Crippen LogP contribution in [0.4, 0.5) is 4.79 Å². The van der Waals surface area contributed by atoms with Crippen LogP contribution in [0.15, 0.2) is 0 Å². The molecule has 0 aliphatic heterocycles. The number of ether oxygens (including phenoxy) is 1. The highest BCUT2D eigenvalue weighted by Crippen LogP contribution is 2.28. The molecule has 2 saturated carbocycles. The minimum Gasteiger partial charge on any atom is -0.455 e. The van der Waals surface area contributed by atoms with Gasteiger partial charge >= 0.3 is 12.0 Å². The molecule has 0 spiro atoms. The normalized spacial score (nSPS) is 29.5. The van der Waals surface area contributed by atoms with Gasteiger partial charge in [-0.2, -0.15) is 0 Å². The second-order valence-corrected chi connectivity index (χ2v) is 7.50. The first-order valence-corrected chi connectivity index (χ1v) is 9.36. The molecule has 0 bridgehead atoms. The maximum Gasteiger partial charge on any atom is 0.312 e. The van der Waals surface area contributed by atoms with Gasteiger partial charge in [-0.15, -0.1) is 0 Å². The zero-order valence-electron chi connectivity index (χ0n) is 15.3. The molecule has 0 radical (unpaired) electrons. The molecular weight excluding hydrogens is 322 g/mol.